The molecule has 0 aliphatic rings. The highest BCUT2D eigenvalue weighted by Crippen LogP contribution is 1.92. The Morgan fingerprint density at radius 2 is 2.18 bits per heavy atom. The molecule has 11 heavy (non-hydrogen) atoms. The third-order valence-corrected chi connectivity index (χ3v) is 1.05. The van der Waals surface area contributed by atoms with E-state index in [-0.39, 0.29) is 18.0 Å². The molecule has 0 amide bonds. The van der Waals surface area contributed by atoms with Gasteiger partial charge in [-0.2, -0.15) is 5.26 Å². The molecule has 0 aromatic carbocycles. The lowest BCUT2D eigenvalue weighted by molar-refractivity contribution is 0.0988. The summed E-state index contributed by atoms with van der Waals surface area (Å²) in [5, 5.41) is 8.17. The molecule has 0 spiro atoms. The SMILES string of the molecule is N#CCC(=O)c1ncccn1. The molecule has 0 aliphatic heterocycles. The van der Waals surface area contributed by atoms with Crippen molar-refractivity contribution in [3.8, 4) is 6.07 Å². The van der Waals surface area contributed by atoms with Gasteiger partial charge in [0.25, 0.3) is 0 Å². The zero-order chi connectivity index (χ0) is 8.10. The second-order valence-electron chi connectivity index (χ2n) is 1.83. The summed E-state index contributed by atoms with van der Waals surface area (Å²) < 4.78 is 0. The van der Waals surface area contributed by atoms with Crippen molar-refractivity contribution in [2.75, 3.05) is 0 Å². The molecule has 0 radical (unpaired) electrons. The van der Waals surface area contributed by atoms with E-state index in [0.717, 1.165) is 0 Å². The Hall–Kier alpha value is -1.76. The van der Waals surface area contributed by atoms with Gasteiger partial charge < -0.3 is 0 Å². The number of ketones is 1. The standard InChI is InChI=1S/C7H5N3O/c8-3-2-6(11)7-9-4-1-5-10-7/h1,4-5H,2H2. The molecule has 1 aromatic heterocycles. The van der Waals surface area contributed by atoms with E-state index in [2.05, 4.69) is 9.97 Å². The average Bonchev–Trinajstić information content (AvgIpc) is 2.07. The van der Waals surface area contributed by atoms with Crippen LogP contribution in [0.3, 0.4) is 0 Å². The van der Waals surface area contributed by atoms with Crippen LogP contribution >= 0.6 is 0 Å². The fourth-order valence-corrected chi connectivity index (χ4v) is 0.594. The van der Waals surface area contributed by atoms with E-state index in [9.17, 15) is 4.79 Å². The molecule has 4 heteroatoms. The van der Waals surface area contributed by atoms with Crippen molar-refractivity contribution >= 4 is 5.78 Å². The average molecular weight is 147 g/mol. The van der Waals surface area contributed by atoms with E-state index in [1.54, 1.807) is 12.1 Å². The van der Waals surface area contributed by atoms with Crippen molar-refractivity contribution in [2.45, 2.75) is 6.42 Å². The Labute approximate surface area is 63.5 Å². The van der Waals surface area contributed by atoms with Crippen molar-refractivity contribution in [1.29, 1.82) is 5.26 Å². The molecule has 0 N–H and O–H groups in total. The van der Waals surface area contributed by atoms with Crippen LogP contribution in [-0.2, 0) is 0 Å². The highest BCUT2D eigenvalue weighted by atomic mass is 16.1. The summed E-state index contributed by atoms with van der Waals surface area (Å²) in [6.07, 6.45) is 2.78. The lowest BCUT2D eigenvalue weighted by Crippen LogP contribution is -2.02. The summed E-state index contributed by atoms with van der Waals surface area (Å²) in [5.41, 5.74) is 0. The third kappa shape index (κ3) is 1.83. The number of hydrogen-bond donors (Lipinski definition) is 0. The largest absolute Gasteiger partial charge is 0.289 e. The van der Waals surface area contributed by atoms with E-state index >= 15 is 0 Å². The van der Waals surface area contributed by atoms with Gasteiger partial charge in [-0.05, 0) is 6.07 Å². The lowest BCUT2D eigenvalue weighted by atomic mass is 10.3. The first-order valence-corrected chi connectivity index (χ1v) is 3.02. The van der Waals surface area contributed by atoms with Crippen LogP contribution in [0, 0.1) is 11.3 Å². The molecule has 0 atom stereocenters. The van der Waals surface area contributed by atoms with Crippen LogP contribution in [-0.4, -0.2) is 15.8 Å². The van der Waals surface area contributed by atoms with Crippen LogP contribution in [0.15, 0.2) is 18.5 Å². The van der Waals surface area contributed by atoms with Crippen LogP contribution in [0.5, 0.6) is 0 Å². The van der Waals surface area contributed by atoms with Crippen molar-refractivity contribution in [3.05, 3.63) is 24.3 Å². The first-order valence-electron chi connectivity index (χ1n) is 3.02. The summed E-state index contributed by atoms with van der Waals surface area (Å²) in [7, 11) is 0. The van der Waals surface area contributed by atoms with Crippen LogP contribution in [0.1, 0.15) is 17.0 Å². The molecule has 1 rings (SSSR count). The number of aromatic nitrogens is 2. The molecule has 0 unspecified atom stereocenters. The Balaban J connectivity index is 2.79. The minimum Gasteiger partial charge on any atom is -0.289 e. The molecule has 1 heterocycles. The number of nitrogens with zero attached hydrogens (tertiary/aromatic N) is 3. The second-order valence-corrected chi connectivity index (χ2v) is 1.83. The topological polar surface area (TPSA) is 66.6 Å². The Morgan fingerprint density at radius 1 is 1.55 bits per heavy atom. The summed E-state index contributed by atoms with van der Waals surface area (Å²) in [4.78, 5) is 18.3. The van der Waals surface area contributed by atoms with E-state index in [4.69, 9.17) is 5.26 Å². The first-order chi connectivity index (χ1) is 5.34. The fourth-order valence-electron chi connectivity index (χ4n) is 0.594. The number of rotatable bonds is 2. The Morgan fingerprint density at radius 3 is 2.73 bits per heavy atom. The maximum atomic E-state index is 10.9. The van der Waals surface area contributed by atoms with Crippen LogP contribution in [0.2, 0.25) is 0 Å². The Kier molecular flexibility index (Phi) is 2.28. The zero-order valence-corrected chi connectivity index (χ0v) is 5.69. The second kappa shape index (κ2) is 3.42. The maximum absolute atomic E-state index is 10.9. The summed E-state index contributed by atoms with van der Waals surface area (Å²) in [6.45, 7) is 0. The fraction of sp³-hybridized carbons (Fsp3) is 0.143. The number of nitriles is 1. The monoisotopic (exact) mass is 147 g/mol. The maximum Gasteiger partial charge on any atom is 0.214 e. The van der Waals surface area contributed by atoms with Gasteiger partial charge in [-0.3, -0.25) is 4.79 Å². The summed E-state index contributed by atoms with van der Waals surface area (Å²) >= 11 is 0. The van der Waals surface area contributed by atoms with Crippen molar-refractivity contribution in [3.63, 3.8) is 0 Å². The normalized spacial score (nSPS) is 8.64. The molecule has 54 valence electrons. The van der Waals surface area contributed by atoms with Gasteiger partial charge in [0.1, 0.15) is 6.42 Å². The number of carbonyl (C=O) groups is 1. The summed E-state index contributed by atoms with van der Waals surface area (Å²) in [6, 6.07) is 3.35. The molecular formula is C7H5N3O. The molecule has 0 saturated carbocycles. The lowest BCUT2D eigenvalue weighted by Gasteiger charge is -1.90. The predicted molar refractivity (Wildman–Crippen MR) is 36.6 cm³/mol. The molecular weight excluding hydrogens is 142 g/mol. The first kappa shape index (κ1) is 7.35. The van der Waals surface area contributed by atoms with Gasteiger partial charge in [0.15, 0.2) is 5.82 Å². The predicted octanol–water partition coefficient (Wildman–Crippen LogP) is 0.573. The molecule has 0 aliphatic carbocycles. The third-order valence-electron chi connectivity index (χ3n) is 1.05. The van der Waals surface area contributed by atoms with Gasteiger partial charge in [0, 0.05) is 12.4 Å². The summed E-state index contributed by atoms with van der Waals surface area (Å²) in [5.74, 6) is -0.234. The van der Waals surface area contributed by atoms with Crippen molar-refractivity contribution in [1.82, 2.24) is 9.97 Å². The molecule has 0 fully saturated rings. The minimum atomic E-state index is -0.340. The number of hydrogen-bond acceptors (Lipinski definition) is 4. The van der Waals surface area contributed by atoms with Gasteiger partial charge in [-0.25, -0.2) is 9.97 Å². The highest BCUT2D eigenvalue weighted by molar-refractivity contribution is 5.93. The Bertz CT molecular complexity index is 288. The smallest absolute Gasteiger partial charge is 0.214 e. The molecule has 1 aromatic rings. The zero-order valence-electron chi connectivity index (χ0n) is 5.69. The van der Waals surface area contributed by atoms with Gasteiger partial charge in [0.05, 0.1) is 6.07 Å². The molecule has 0 bridgehead atoms. The van der Waals surface area contributed by atoms with E-state index in [0.29, 0.717) is 0 Å². The van der Waals surface area contributed by atoms with Crippen LogP contribution in [0.25, 0.3) is 0 Å². The van der Waals surface area contributed by atoms with Gasteiger partial charge in [-0.1, -0.05) is 0 Å². The quantitative estimate of drug-likeness (QED) is 0.573. The van der Waals surface area contributed by atoms with Gasteiger partial charge >= 0.3 is 0 Å². The van der Waals surface area contributed by atoms with Crippen LogP contribution < -0.4 is 0 Å². The van der Waals surface area contributed by atoms with E-state index in [1.165, 1.54) is 12.4 Å². The number of carbonyl (C=O) groups excluding carboxylic acids is 1. The minimum absolute atomic E-state index is 0.106. The van der Waals surface area contributed by atoms with Crippen LogP contribution in [0.4, 0.5) is 0 Å². The highest BCUT2D eigenvalue weighted by Gasteiger charge is 2.05. The molecule has 4 nitrogen and oxygen atoms in total. The van der Waals surface area contributed by atoms with Crippen molar-refractivity contribution in [2.24, 2.45) is 0 Å². The molecule has 0 saturated heterocycles. The van der Waals surface area contributed by atoms with Crippen molar-refractivity contribution < 1.29 is 4.79 Å². The van der Waals surface area contributed by atoms with Gasteiger partial charge in [0.2, 0.25) is 5.78 Å². The number of Topliss-reactive ketones (excluding diaryl/α,β-unsaturated/α-hetero) is 1. The van der Waals surface area contributed by atoms with E-state index in [1.807, 2.05) is 0 Å². The van der Waals surface area contributed by atoms with Gasteiger partial charge in [-0.15, -0.1) is 0 Å². The van der Waals surface area contributed by atoms with E-state index < -0.39 is 0 Å².